The molecule has 0 heterocycles. The Morgan fingerprint density at radius 1 is 1.53 bits per heavy atom. The molecular formula is C13H17N3O. The number of rotatable bonds is 4. The minimum Gasteiger partial charge on any atom is -0.398 e. The first-order valence-electron chi connectivity index (χ1n) is 5.63. The lowest BCUT2D eigenvalue weighted by atomic mass is 10.1. The molecule has 0 unspecified atom stereocenters. The van der Waals surface area contributed by atoms with Crippen LogP contribution in [0.25, 0.3) is 0 Å². The Morgan fingerprint density at radius 2 is 2.24 bits per heavy atom. The van der Waals surface area contributed by atoms with Gasteiger partial charge in [-0.3, -0.25) is 4.79 Å². The summed E-state index contributed by atoms with van der Waals surface area (Å²) in [5.41, 5.74) is 7.74. The molecule has 0 atom stereocenters. The quantitative estimate of drug-likeness (QED) is 0.805. The molecule has 0 saturated carbocycles. The number of nitrogen functional groups attached to an aromatic ring is 1. The van der Waals surface area contributed by atoms with Crippen LogP contribution in [0.5, 0.6) is 0 Å². The molecule has 0 fully saturated rings. The van der Waals surface area contributed by atoms with Crippen LogP contribution in [0.1, 0.15) is 29.3 Å². The minimum atomic E-state index is -0.0987. The van der Waals surface area contributed by atoms with Gasteiger partial charge in [0.25, 0.3) is 5.91 Å². The summed E-state index contributed by atoms with van der Waals surface area (Å²) >= 11 is 0. The number of benzene rings is 1. The fourth-order valence-corrected chi connectivity index (χ4v) is 1.73. The summed E-state index contributed by atoms with van der Waals surface area (Å²) in [7, 11) is 0. The van der Waals surface area contributed by atoms with E-state index in [4.69, 9.17) is 11.0 Å². The van der Waals surface area contributed by atoms with Gasteiger partial charge in [0.1, 0.15) is 0 Å². The molecule has 1 aromatic rings. The molecule has 4 heteroatoms. The van der Waals surface area contributed by atoms with E-state index in [0.29, 0.717) is 30.8 Å². The lowest BCUT2D eigenvalue weighted by molar-refractivity contribution is 0.0768. The summed E-state index contributed by atoms with van der Waals surface area (Å²) in [5, 5.41) is 8.56. The number of amides is 1. The predicted molar refractivity (Wildman–Crippen MR) is 67.4 cm³/mol. The molecule has 90 valence electrons. The Morgan fingerprint density at radius 3 is 2.76 bits per heavy atom. The Kier molecular flexibility index (Phi) is 4.53. The number of carbonyl (C=O) groups excluding carboxylic acids is 1. The molecule has 0 radical (unpaired) electrons. The molecule has 0 saturated heterocycles. The molecule has 0 aliphatic rings. The molecule has 4 nitrogen and oxygen atoms in total. The number of hydrogen-bond donors (Lipinski definition) is 1. The number of hydrogen-bond acceptors (Lipinski definition) is 3. The van der Waals surface area contributed by atoms with E-state index < -0.39 is 0 Å². The summed E-state index contributed by atoms with van der Waals surface area (Å²) in [5.74, 6) is -0.0987. The van der Waals surface area contributed by atoms with Crippen LogP contribution >= 0.6 is 0 Å². The number of aryl methyl sites for hydroxylation is 1. The van der Waals surface area contributed by atoms with Crippen LogP contribution in [0.4, 0.5) is 5.69 Å². The Bertz CT molecular complexity index is 428. The van der Waals surface area contributed by atoms with Crippen LogP contribution < -0.4 is 5.73 Å². The van der Waals surface area contributed by atoms with E-state index in [1.54, 1.807) is 11.0 Å². The first-order chi connectivity index (χ1) is 8.11. The van der Waals surface area contributed by atoms with Crippen molar-refractivity contribution in [2.24, 2.45) is 0 Å². The topological polar surface area (TPSA) is 70.1 Å². The van der Waals surface area contributed by atoms with Crippen LogP contribution in [0.15, 0.2) is 18.2 Å². The highest BCUT2D eigenvalue weighted by molar-refractivity contribution is 6.00. The second kappa shape index (κ2) is 5.90. The van der Waals surface area contributed by atoms with Crippen LogP contribution in [-0.2, 0) is 0 Å². The number of nitrogens with zero attached hydrogens (tertiary/aromatic N) is 2. The van der Waals surface area contributed by atoms with Gasteiger partial charge in [0, 0.05) is 18.8 Å². The van der Waals surface area contributed by atoms with E-state index in [1.165, 1.54) is 0 Å². The van der Waals surface area contributed by atoms with Gasteiger partial charge in [-0.15, -0.1) is 0 Å². The highest BCUT2D eigenvalue weighted by Crippen LogP contribution is 2.18. The largest absolute Gasteiger partial charge is 0.398 e. The molecule has 17 heavy (non-hydrogen) atoms. The molecule has 0 aromatic heterocycles. The third-order valence-electron chi connectivity index (χ3n) is 2.68. The zero-order chi connectivity index (χ0) is 12.8. The smallest absolute Gasteiger partial charge is 0.256 e. The number of nitrogens with two attached hydrogens (primary N) is 1. The van der Waals surface area contributed by atoms with Gasteiger partial charge in [-0.05, 0) is 25.5 Å². The van der Waals surface area contributed by atoms with Crippen molar-refractivity contribution < 1.29 is 4.79 Å². The Hall–Kier alpha value is -2.02. The fourth-order valence-electron chi connectivity index (χ4n) is 1.73. The molecular weight excluding hydrogens is 214 g/mol. The second-order valence-corrected chi connectivity index (χ2v) is 3.83. The van der Waals surface area contributed by atoms with E-state index in [9.17, 15) is 4.79 Å². The maximum absolute atomic E-state index is 12.3. The van der Waals surface area contributed by atoms with E-state index in [-0.39, 0.29) is 5.91 Å². The van der Waals surface area contributed by atoms with Crippen molar-refractivity contribution in [2.45, 2.75) is 20.3 Å². The van der Waals surface area contributed by atoms with Crippen LogP contribution in [-0.4, -0.2) is 23.9 Å². The molecule has 2 N–H and O–H groups in total. The van der Waals surface area contributed by atoms with E-state index in [0.717, 1.165) is 5.56 Å². The van der Waals surface area contributed by atoms with Gasteiger partial charge in [0.15, 0.2) is 0 Å². The third kappa shape index (κ3) is 2.97. The molecule has 0 bridgehead atoms. The average Bonchev–Trinajstić information content (AvgIpc) is 2.30. The first-order valence-corrected chi connectivity index (χ1v) is 5.63. The molecule has 1 rings (SSSR count). The van der Waals surface area contributed by atoms with Crippen LogP contribution in [0, 0.1) is 18.3 Å². The predicted octanol–water partition coefficient (Wildman–Crippen LogP) is 1.95. The van der Waals surface area contributed by atoms with Gasteiger partial charge in [-0.2, -0.15) is 5.26 Å². The summed E-state index contributed by atoms with van der Waals surface area (Å²) in [6, 6.07) is 7.45. The Labute approximate surface area is 102 Å². The zero-order valence-electron chi connectivity index (χ0n) is 10.2. The highest BCUT2D eigenvalue weighted by Gasteiger charge is 2.18. The summed E-state index contributed by atoms with van der Waals surface area (Å²) in [6.07, 6.45) is 0.339. The van der Waals surface area contributed by atoms with Crippen LogP contribution in [0.2, 0.25) is 0 Å². The maximum Gasteiger partial charge on any atom is 0.256 e. The average molecular weight is 231 g/mol. The van der Waals surface area contributed by atoms with Crippen molar-refractivity contribution in [2.75, 3.05) is 18.8 Å². The summed E-state index contributed by atoms with van der Waals surface area (Å²) in [4.78, 5) is 13.9. The standard InChI is InChI=1S/C13H17N3O/c1-3-16(9-5-8-14)13(17)12-10(2)6-4-7-11(12)15/h4,6-7H,3,5,9,15H2,1-2H3. The van der Waals surface area contributed by atoms with Gasteiger partial charge in [-0.1, -0.05) is 12.1 Å². The zero-order valence-corrected chi connectivity index (χ0v) is 10.2. The molecule has 0 spiro atoms. The second-order valence-electron chi connectivity index (χ2n) is 3.83. The van der Waals surface area contributed by atoms with Gasteiger partial charge in [0.05, 0.1) is 18.1 Å². The van der Waals surface area contributed by atoms with Gasteiger partial charge in [-0.25, -0.2) is 0 Å². The summed E-state index contributed by atoms with van der Waals surface area (Å²) < 4.78 is 0. The molecule has 1 aromatic carbocycles. The lowest BCUT2D eigenvalue weighted by Crippen LogP contribution is -2.32. The number of nitriles is 1. The number of anilines is 1. The lowest BCUT2D eigenvalue weighted by Gasteiger charge is -2.21. The van der Waals surface area contributed by atoms with E-state index in [2.05, 4.69) is 0 Å². The molecule has 1 amide bonds. The molecule has 0 aliphatic heterocycles. The third-order valence-corrected chi connectivity index (χ3v) is 2.68. The first kappa shape index (κ1) is 13.0. The SMILES string of the molecule is CCN(CCC#N)C(=O)c1c(C)cccc1N. The Balaban J connectivity index is 2.98. The number of carbonyl (C=O) groups is 1. The van der Waals surface area contributed by atoms with Crippen molar-refractivity contribution >= 4 is 11.6 Å². The monoisotopic (exact) mass is 231 g/mol. The van der Waals surface area contributed by atoms with Crippen molar-refractivity contribution in [1.82, 2.24) is 4.90 Å². The van der Waals surface area contributed by atoms with E-state index in [1.807, 2.05) is 32.0 Å². The van der Waals surface area contributed by atoms with Crippen molar-refractivity contribution in [3.63, 3.8) is 0 Å². The van der Waals surface area contributed by atoms with Gasteiger partial charge < -0.3 is 10.6 Å². The van der Waals surface area contributed by atoms with Crippen LogP contribution in [0.3, 0.4) is 0 Å². The molecule has 0 aliphatic carbocycles. The fraction of sp³-hybridized carbons (Fsp3) is 0.385. The van der Waals surface area contributed by atoms with E-state index >= 15 is 0 Å². The van der Waals surface area contributed by atoms with Gasteiger partial charge >= 0.3 is 0 Å². The minimum absolute atomic E-state index is 0.0987. The van der Waals surface area contributed by atoms with Gasteiger partial charge in [0.2, 0.25) is 0 Å². The van der Waals surface area contributed by atoms with Crippen molar-refractivity contribution in [3.8, 4) is 6.07 Å². The maximum atomic E-state index is 12.3. The van der Waals surface area contributed by atoms with Crippen molar-refractivity contribution in [1.29, 1.82) is 5.26 Å². The summed E-state index contributed by atoms with van der Waals surface area (Å²) in [6.45, 7) is 4.78. The highest BCUT2D eigenvalue weighted by atomic mass is 16.2. The van der Waals surface area contributed by atoms with Crippen molar-refractivity contribution in [3.05, 3.63) is 29.3 Å². The normalized spacial score (nSPS) is 9.71.